The minimum absolute atomic E-state index is 0.0573. The number of thiophene rings is 1. The van der Waals surface area contributed by atoms with E-state index in [1.807, 2.05) is 13.8 Å². The monoisotopic (exact) mass is 367 g/mol. The van der Waals surface area contributed by atoms with Gasteiger partial charge in [0.2, 0.25) is 10.0 Å². The van der Waals surface area contributed by atoms with Crippen LogP contribution < -0.4 is 4.72 Å². The first kappa shape index (κ1) is 19.9. The van der Waals surface area contributed by atoms with Crippen molar-refractivity contribution in [3.05, 3.63) is 16.5 Å². The molecule has 7 heteroatoms. The highest BCUT2D eigenvalue weighted by atomic mass is 35.5. The Labute approximate surface area is 142 Å². The summed E-state index contributed by atoms with van der Waals surface area (Å²) in [4.78, 5) is 0. The second kappa shape index (κ2) is 9.23. The fourth-order valence-corrected chi connectivity index (χ4v) is 5.17. The minimum Gasteiger partial charge on any atom is -0.391 e. The van der Waals surface area contributed by atoms with Crippen molar-refractivity contribution in [2.24, 2.45) is 5.92 Å². The van der Waals surface area contributed by atoms with Crippen LogP contribution in [0.2, 0.25) is 4.34 Å². The lowest BCUT2D eigenvalue weighted by Gasteiger charge is -2.28. The van der Waals surface area contributed by atoms with Crippen LogP contribution in [0.3, 0.4) is 0 Å². The molecule has 0 amide bonds. The Morgan fingerprint density at radius 1 is 1.32 bits per heavy atom. The third-order valence-corrected chi connectivity index (χ3v) is 7.06. The SMILES string of the molecule is CCCCCC(O)[C@@H](NS(=O)(=O)c1ccc(Cl)s1)[C@@H](C)CC. The molecule has 1 rings (SSSR count). The molecule has 1 aromatic rings. The molecular weight excluding hydrogens is 342 g/mol. The van der Waals surface area contributed by atoms with Gasteiger partial charge in [-0.15, -0.1) is 11.3 Å². The zero-order chi connectivity index (χ0) is 16.8. The van der Waals surface area contributed by atoms with Gasteiger partial charge >= 0.3 is 0 Å². The first-order valence-corrected chi connectivity index (χ1v) is 10.4. The Kier molecular flexibility index (Phi) is 8.35. The molecule has 0 saturated carbocycles. The van der Waals surface area contributed by atoms with E-state index in [1.165, 1.54) is 6.07 Å². The average Bonchev–Trinajstić information content (AvgIpc) is 2.91. The van der Waals surface area contributed by atoms with Crippen LogP contribution in [0.4, 0.5) is 0 Å². The Bertz CT molecular complexity index is 545. The molecule has 128 valence electrons. The van der Waals surface area contributed by atoms with E-state index in [0.717, 1.165) is 37.0 Å². The molecule has 2 N–H and O–H groups in total. The molecule has 1 unspecified atom stereocenters. The number of unbranched alkanes of at least 4 members (excludes halogenated alkanes) is 2. The van der Waals surface area contributed by atoms with E-state index >= 15 is 0 Å². The average molecular weight is 368 g/mol. The molecule has 0 aliphatic heterocycles. The molecule has 0 aliphatic carbocycles. The Morgan fingerprint density at radius 3 is 2.50 bits per heavy atom. The van der Waals surface area contributed by atoms with Gasteiger partial charge in [0.15, 0.2) is 0 Å². The predicted molar refractivity (Wildman–Crippen MR) is 93.0 cm³/mol. The number of aliphatic hydroxyl groups is 1. The fraction of sp³-hybridized carbons (Fsp3) is 0.733. The summed E-state index contributed by atoms with van der Waals surface area (Å²) in [6.45, 7) is 6.05. The standard InChI is InChI=1S/C15H26ClNO3S2/c1-4-6-7-8-12(18)15(11(3)5-2)17-22(19,20)14-10-9-13(16)21-14/h9-12,15,17-18H,4-8H2,1-3H3/t11-,12?,15-/m0/s1. The van der Waals surface area contributed by atoms with E-state index in [-0.39, 0.29) is 10.1 Å². The number of halogens is 1. The Morgan fingerprint density at radius 2 is 2.00 bits per heavy atom. The molecule has 1 heterocycles. The van der Waals surface area contributed by atoms with Crippen molar-refractivity contribution in [1.29, 1.82) is 0 Å². The fourth-order valence-electron chi connectivity index (χ4n) is 2.29. The third-order valence-electron chi connectivity index (χ3n) is 3.88. The first-order valence-electron chi connectivity index (χ1n) is 7.77. The number of hydrogen-bond donors (Lipinski definition) is 2. The van der Waals surface area contributed by atoms with Crippen molar-refractivity contribution < 1.29 is 13.5 Å². The normalized spacial score (nSPS) is 16.4. The van der Waals surface area contributed by atoms with Gasteiger partial charge in [-0.2, -0.15) is 0 Å². The molecule has 0 bridgehead atoms. The van der Waals surface area contributed by atoms with Gasteiger partial charge in [-0.25, -0.2) is 13.1 Å². The van der Waals surface area contributed by atoms with Crippen LogP contribution in [0.25, 0.3) is 0 Å². The largest absolute Gasteiger partial charge is 0.391 e. The van der Waals surface area contributed by atoms with Crippen LogP contribution in [0.1, 0.15) is 52.9 Å². The van der Waals surface area contributed by atoms with Gasteiger partial charge in [0.1, 0.15) is 4.21 Å². The lowest BCUT2D eigenvalue weighted by Crippen LogP contribution is -2.47. The van der Waals surface area contributed by atoms with Crippen LogP contribution in [0.5, 0.6) is 0 Å². The summed E-state index contributed by atoms with van der Waals surface area (Å²) in [5.74, 6) is 0.0573. The molecule has 4 nitrogen and oxygen atoms in total. The highest BCUT2D eigenvalue weighted by Crippen LogP contribution is 2.27. The van der Waals surface area contributed by atoms with E-state index in [9.17, 15) is 13.5 Å². The zero-order valence-electron chi connectivity index (χ0n) is 13.4. The topological polar surface area (TPSA) is 66.4 Å². The molecule has 0 spiro atoms. The number of aliphatic hydroxyl groups excluding tert-OH is 1. The van der Waals surface area contributed by atoms with Gasteiger partial charge in [-0.3, -0.25) is 0 Å². The summed E-state index contributed by atoms with van der Waals surface area (Å²) in [5, 5.41) is 10.4. The molecule has 0 aromatic carbocycles. The maximum atomic E-state index is 12.4. The lowest BCUT2D eigenvalue weighted by molar-refractivity contribution is 0.100. The van der Waals surface area contributed by atoms with Gasteiger partial charge in [0.25, 0.3) is 0 Å². The first-order chi connectivity index (χ1) is 10.3. The van der Waals surface area contributed by atoms with Crippen molar-refractivity contribution in [3.63, 3.8) is 0 Å². The number of nitrogens with one attached hydrogen (secondary N) is 1. The maximum absolute atomic E-state index is 12.4. The van der Waals surface area contributed by atoms with Gasteiger partial charge in [0, 0.05) is 0 Å². The van der Waals surface area contributed by atoms with E-state index in [2.05, 4.69) is 11.6 Å². The number of hydrogen-bond acceptors (Lipinski definition) is 4. The quantitative estimate of drug-likeness (QED) is 0.613. The smallest absolute Gasteiger partial charge is 0.250 e. The van der Waals surface area contributed by atoms with Gasteiger partial charge in [-0.05, 0) is 24.5 Å². The van der Waals surface area contributed by atoms with Crippen LogP contribution in [0.15, 0.2) is 16.3 Å². The molecular formula is C15H26ClNO3S2. The molecule has 1 aromatic heterocycles. The van der Waals surface area contributed by atoms with E-state index in [0.29, 0.717) is 10.8 Å². The van der Waals surface area contributed by atoms with Crippen LogP contribution in [0, 0.1) is 5.92 Å². The molecule has 0 aliphatic rings. The van der Waals surface area contributed by atoms with Crippen molar-refractivity contribution in [2.45, 2.75) is 69.2 Å². The molecule has 0 saturated heterocycles. The van der Waals surface area contributed by atoms with Gasteiger partial charge < -0.3 is 5.11 Å². The second-order valence-electron chi connectivity index (χ2n) is 5.65. The molecule has 0 fully saturated rings. The lowest BCUT2D eigenvalue weighted by atomic mass is 9.92. The van der Waals surface area contributed by atoms with Gasteiger partial charge in [-0.1, -0.05) is 58.1 Å². The highest BCUT2D eigenvalue weighted by molar-refractivity contribution is 7.91. The summed E-state index contributed by atoms with van der Waals surface area (Å²) >= 11 is 6.84. The number of rotatable bonds is 10. The van der Waals surface area contributed by atoms with Crippen LogP contribution in [-0.4, -0.2) is 25.7 Å². The van der Waals surface area contributed by atoms with Crippen molar-refractivity contribution >= 4 is 33.0 Å². The minimum atomic E-state index is -3.65. The second-order valence-corrected chi connectivity index (χ2v) is 9.31. The van der Waals surface area contributed by atoms with E-state index in [1.54, 1.807) is 6.07 Å². The summed E-state index contributed by atoms with van der Waals surface area (Å²) in [6.07, 6.45) is 3.74. The summed E-state index contributed by atoms with van der Waals surface area (Å²) < 4.78 is 28.2. The van der Waals surface area contributed by atoms with Crippen molar-refractivity contribution in [3.8, 4) is 0 Å². The van der Waals surface area contributed by atoms with Crippen molar-refractivity contribution in [1.82, 2.24) is 4.72 Å². The molecule has 0 radical (unpaired) electrons. The van der Waals surface area contributed by atoms with E-state index < -0.39 is 22.2 Å². The Balaban J connectivity index is 2.84. The van der Waals surface area contributed by atoms with Crippen LogP contribution in [-0.2, 0) is 10.0 Å². The predicted octanol–water partition coefficient (Wildman–Crippen LogP) is 4.04. The van der Waals surface area contributed by atoms with Gasteiger partial charge in [0.05, 0.1) is 16.5 Å². The highest BCUT2D eigenvalue weighted by Gasteiger charge is 2.30. The zero-order valence-corrected chi connectivity index (χ0v) is 15.8. The van der Waals surface area contributed by atoms with Crippen LogP contribution >= 0.6 is 22.9 Å². The molecule has 22 heavy (non-hydrogen) atoms. The summed E-state index contributed by atoms with van der Waals surface area (Å²) in [6, 6.07) is 2.58. The summed E-state index contributed by atoms with van der Waals surface area (Å²) in [5.41, 5.74) is 0. The van der Waals surface area contributed by atoms with Crippen molar-refractivity contribution in [2.75, 3.05) is 0 Å². The molecule has 3 atom stereocenters. The van der Waals surface area contributed by atoms with E-state index in [4.69, 9.17) is 11.6 Å². The Hall–Kier alpha value is -0.140. The summed E-state index contributed by atoms with van der Waals surface area (Å²) in [7, 11) is -3.65. The maximum Gasteiger partial charge on any atom is 0.250 e. The third kappa shape index (κ3) is 5.81. The number of sulfonamides is 1.